The van der Waals surface area contributed by atoms with Crippen LogP contribution in [0.15, 0.2) is 24.3 Å². The van der Waals surface area contributed by atoms with Crippen LogP contribution in [0.5, 0.6) is 5.75 Å². The second-order valence-electron chi connectivity index (χ2n) is 6.24. The fourth-order valence-corrected chi connectivity index (χ4v) is 5.10. The molecule has 3 aromatic rings. The first-order chi connectivity index (χ1) is 12.4. The van der Waals surface area contributed by atoms with E-state index in [0.29, 0.717) is 10.6 Å². The lowest BCUT2D eigenvalue weighted by Gasteiger charge is -2.28. The van der Waals surface area contributed by atoms with Crippen molar-refractivity contribution in [3.63, 3.8) is 0 Å². The molecule has 2 aromatic heterocycles. The SMILES string of the molecule is Cc1cc(C)c2c3c(sc2n1)C(c1c(F)cccc1Cl)C(C#N)C(=N)O3. The summed E-state index contributed by atoms with van der Waals surface area (Å²) in [5.74, 6) is -1.88. The van der Waals surface area contributed by atoms with E-state index in [-0.39, 0.29) is 16.5 Å². The Hall–Kier alpha value is -2.49. The summed E-state index contributed by atoms with van der Waals surface area (Å²) in [5.41, 5.74) is 2.04. The standard InChI is InChI=1S/C19H13ClFN3OS/c1-8-6-9(2)24-19-13(8)16-17(26-19)14(10(7-22)18(23)25-16)15-11(20)4-3-5-12(15)21/h3-6,10,14,23H,1-2H3. The lowest BCUT2D eigenvalue weighted by molar-refractivity contribution is 0.454. The van der Waals surface area contributed by atoms with Crippen LogP contribution in [0.1, 0.15) is 27.6 Å². The van der Waals surface area contributed by atoms with E-state index in [1.54, 1.807) is 6.07 Å². The first-order valence-corrected chi connectivity index (χ1v) is 9.12. The van der Waals surface area contributed by atoms with Crippen molar-refractivity contribution in [2.45, 2.75) is 19.8 Å². The summed E-state index contributed by atoms with van der Waals surface area (Å²) in [4.78, 5) is 5.97. The maximum Gasteiger partial charge on any atom is 0.205 e. The smallest absolute Gasteiger partial charge is 0.205 e. The Morgan fingerprint density at radius 1 is 1.38 bits per heavy atom. The first-order valence-electron chi connectivity index (χ1n) is 7.92. The van der Waals surface area contributed by atoms with Crippen molar-refractivity contribution in [1.82, 2.24) is 4.98 Å². The average Bonchev–Trinajstić information content (AvgIpc) is 2.92. The van der Waals surface area contributed by atoms with E-state index in [1.165, 1.54) is 23.5 Å². The van der Waals surface area contributed by atoms with E-state index >= 15 is 0 Å². The van der Waals surface area contributed by atoms with Crippen LogP contribution in [0.2, 0.25) is 5.02 Å². The highest BCUT2D eigenvalue weighted by Crippen LogP contribution is 2.52. The van der Waals surface area contributed by atoms with Crippen molar-refractivity contribution in [2.24, 2.45) is 5.92 Å². The number of ether oxygens (including phenoxy) is 1. The van der Waals surface area contributed by atoms with Gasteiger partial charge in [0.1, 0.15) is 16.6 Å². The molecule has 4 nitrogen and oxygen atoms in total. The van der Waals surface area contributed by atoms with Gasteiger partial charge in [0.05, 0.1) is 22.3 Å². The average molecular weight is 386 g/mol. The van der Waals surface area contributed by atoms with Gasteiger partial charge in [0, 0.05) is 16.3 Å². The van der Waals surface area contributed by atoms with Crippen LogP contribution in [0.4, 0.5) is 4.39 Å². The molecule has 0 radical (unpaired) electrons. The third-order valence-corrected chi connectivity index (χ3v) is 6.01. The largest absolute Gasteiger partial charge is 0.440 e. The summed E-state index contributed by atoms with van der Waals surface area (Å²) < 4.78 is 20.4. The minimum absolute atomic E-state index is 0.205. The van der Waals surface area contributed by atoms with Crippen LogP contribution in [0.3, 0.4) is 0 Å². The molecule has 4 rings (SSSR count). The van der Waals surface area contributed by atoms with E-state index < -0.39 is 17.7 Å². The van der Waals surface area contributed by atoms with Crippen molar-refractivity contribution in [3.8, 4) is 11.8 Å². The Kier molecular flexibility index (Phi) is 3.94. The monoisotopic (exact) mass is 385 g/mol. The lowest BCUT2D eigenvalue weighted by Crippen LogP contribution is -2.30. The summed E-state index contributed by atoms with van der Waals surface area (Å²) in [5, 5.41) is 18.9. The highest BCUT2D eigenvalue weighted by atomic mass is 35.5. The Labute approximate surface area is 158 Å². The van der Waals surface area contributed by atoms with Crippen LogP contribution in [0, 0.1) is 42.3 Å². The molecule has 0 aliphatic carbocycles. The number of rotatable bonds is 1. The molecule has 2 unspecified atom stereocenters. The molecule has 1 aromatic carbocycles. The molecule has 0 amide bonds. The number of hydrogen-bond donors (Lipinski definition) is 1. The van der Waals surface area contributed by atoms with Gasteiger partial charge in [-0.1, -0.05) is 17.7 Å². The van der Waals surface area contributed by atoms with Gasteiger partial charge in [-0.2, -0.15) is 5.26 Å². The number of benzene rings is 1. The third-order valence-electron chi connectivity index (χ3n) is 4.53. The Morgan fingerprint density at radius 2 is 2.15 bits per heavy atom. The van der Waals surface area contributed by atoms with Gasteiger partial charge in [-0.05, 0) is 37.6 Å². The predicted molar refractivity (Wildman–Crippen MR) is 99.8 cm³/mol. The van der Waals surface area contributed by atoms with E-state index in [4.69, 9.17) is 21.7 Å². The maximum absolute atomic E-state index is 14.6. The zero-order valence-electron chi connectivity index (χ0n) is 13.9. The molecule has 1 aliphatic heterocycles. The van der Waals surface area contributed by atoms with Crippen molar-refractivity contribution in [2.75, 3.05) is 0 Å². The molecule has 0 spiro atoms. The number of nitriles is 1. The molecule has 0 fully saturated rings. The topological polar surface area (TPSA) is 69.8 Å². The van der Waals surface area contributed by atoms with E-state index in [9.17, 15) is 9.65 Å². The summed E-state index contributed by atoms with van der Waals surface area (Å²) in [6.45, 7) is 3.84. The van der Waals surface area contributed by atoms with Gasteiger partial charge in [0.15, 0.2) is 5.75 Å². The third kappa shape index (κ3) is 2.39. The zero-order chi connectivity index (χ0) is 18.6. The minimum Gasteiger partial charge on any atom is -0.440 e. The van der Waals surface area contributed by atoms with Crippen molar-refractivity contribution >= 4 is 39.1 Å². The Balaban J connectivity index is 2.08. The number of hydrogen-bond acceptors (Lipinski definition) is 5. The predicted octanol–water partition coefficient (Wildman–Crippen LogP) is 5.35. The molecule has 1 N–H and O–H groups in total. The highest BCUT2D eigenvalue weighted by molar-refractivity contribution is 7.19. The summed E-state index contributed by atoms with van der Waals surface area (Å²) in [7, 11) is 0. The van der Waals surface area contributed by atoms with Crippen molar-refractivity contribution in [1.29, 1.82) is 10.7 Å². The van der Waals surface area contributed by atoms with Crippen LogP contribution in [0.25, 0.3) is 10.2 Å². The normalized spacial score (nSPS) is 19.1. The molecular formula is C19H13ClFN3OS. The van der Waals surface area contributed by atoms with Crippen molar-refractivity contribution < 1.29 is 9.13 Å². The summed E-state index contributed by atoms with van der Waals surface area (Å²) in [6, 6.07) is 8.44. The molecule has 7 heteroatoms. The van der Waals surface area contributed by atoms with E-state index in [0.717, 1.165) is 21.5 Å². The van der Waals surface area contributed by atoms with Crippen LogP contribution in [-0.4, -0.2) is 10.9 Å². The number of halogens is 2. The quantitative estimate of drug-likeness (QED) is 0.614. The summed E-state index contributed by atoms with van der Waals surface area (Å²) >= 11 is 7.64. The van der Waals surface area contributed by atoms with Gasteiger partial charge in [-0.15, -0.1) is 11.3 Å². The van der Waals surface area contributed by atoms with Gasteiger partial charge in [-0.3, -0.25) is 5.41 Å². The lowest BCUT2D eigenvalue weighted by atomic mass is 9.83. The number of pyridine rings is 1. The molecule has 2 atom stereocenters. The first kappa shape index (κ1) is 17.0. The molecule has 0 saturated carbocycles. The maximum atomic E-state index is 14.6. The van der Waals surface area contributed by atoms with Gasteiger partial charge >= 0.3 is 0 Å². The van der Waals surface area contributed by atoms with Gasteiger partial charge < -0.3 is 4.74 Å². The molecule has 0 saturated heterocycles. The highest BCUT2D eigenvalue weighted by Gasteiger charge is 2.42. The fourth-order valence-electron chi connectivity index (χ4n) is 3.45. The Bertz CT molecular complexity index is 1100. The molecule has 130 valence electrons. The molecule has 26 heavy (non-hydrogen) atoms. The van der Waals surface area contributed by atoms with Crippen LogP contribution >= 0.6 is 22.9 Å². The second kappa shape index (κ2) is 6.04. The van der Waals surface area contributed by atoms with E-state index in [2.05, 4.69) is 11.1 Å². The number of aryl methyl sites for hydroxylation is 2. The number of fused-ring (bicyclic) bond motifs is 3. The van der Waals surface area contributed by atoms with Gasteiger partial charge in [0.2, 0.25) is 5.90 Å². The van der Waals surface area contributed by atoms with Crippen LogP contribution in [-0.2, 0) is 0 Å². The molecule has 1 aliphatic rings. The number of nitrogens with one attached hydrogen (secondary N) is 1. The molecule has 3 heterocycles. The second-order valence-corrected chi connectivity index (χ2v) is 7.68. The number of aromatic nitrogens is 1. The van der Waals surface area contributed by atoms with Crippen molar-refractivity contribution in [3.05, 3.63) is 56.8 Å². The molecule has 0 bridgehead atoms. The molecular weight excluding hydrogens is 373 g/mol. The number of nitrogens with zero attached hydrogens (tertiary/aromatic N) is 2. The van der Waals surface area contributed by atoms with Gasteiger partial charge in [0.25, 0.3) is 0 Å². The van der Waals surface area contributed by atoms with E-state index in [1.807, 2.05) is 19.9 Å². The van der Waals surface area contributed by atoms with Gasteiger partial charge in [-0.25, -0.2) is 9.37 Å². The Morgan fingerprint density at radius 3 is 2.85 bits per heavy atom. The number of thiophene rings is 1. The zero-order valence-corrected chi connectivity index (χ0v) is 15.5. The summed E-state index contributed by atoms with van der Waals surface area (Å²) in [6.07, 6.45) is 0. The minimum atomic E-state index is -0.952. The fraction of sp³-hybridized carbons (Fsp3) is 0.211. The van der Waals surface area contributed by atoms with Crippen LogP contribution < -0.4 is 4.74 Å².